The Morgan fingerprint density at radius 3 is 2.50 bits per heavy atom. The number of carbonyl (C=O) groups excluding carboxylic acids is 1. The molecule has 1 amide bonds. The van der Waals surface area contributed by atoms with Gasteiger partial charge in [-0.25, -0.2) is 0 Å². The molecule has 0 aromatic heterocycles. The lowest BCUT2D eigenvalue weighted by atomic mass is 9.76. The molecule has 3 nitrogen and oxygen atoms in total. The molecule has 0 bridgehead atoms. The third-order valence-corrected chi connectivity index (χ3v) is 7.06. The van der Waals surface area contributed by atoms with E-state index in [1.807, 2.05) is 28.0 Å². The van der Waals surface area contributed by atoms with Crippen LogP contribution in [0.2, 0.25) is 0 Å². The molecule has 0 radical (unpaired) electrons. The summed E-state index contributed by atoms with van der Waals surface area (Å²) in [5.41, 5.74) is 1.19. The van der Waals surface area contributed by atoms with E-state index in [0.717, 1.165) is 32.1 Å². The Kier molecular flexibility index (Phi) is 5.43. The molecule has 3 aliphatic rings. The highest BCUT2D eigenvalue weighted by atomic mass is 19.4. The second-order valence-corrected chi connectivity index (χ2v) is 8.99. The molecule has 154 valence electrons. The molecule has 2 atom stereocenters. The van der Waals surface area contributed by atoms with Gasteiger partial charge in [0.15, 0.2) is 0 Å². The highest BCUT2D eigenvalue weighted by Gasteiger charge is 2.53. The van der Waals surface area contributed by atoms with Crippen molar-refractivity contribution in [3.63, 3.8) is 0 Å². The van der Waals surface area contributed by atoms with Crippen LogP contribution >= 0.6 is 0 Å². The number of hydrogen-bond donors (Lipinski definition) is 0. The van der Waals surface area contributed by atoms with Gasteiger partial charge in [0.25, 0.3) is 0 Å². The zero-order chi connectivity index (χ0) is 19.8. The van der Waals surface area contributed by atoms with E-state index >= 15 is 0 Å². The van der Waals surface area contributed by atoms with Crippen LogP contribution in [0.4, 0.5) is 13.2 Å². The molecule has 2 aliphatic heterocycles. The summed E-state index contributed by atoms with van der Waals surface area (Å²) in [4.78, 5) is 16.8. The Bertz CT molecular complexity index is 689. The Labute approximate surface area is 164 Å². The minimum atomic E-state index is -4.11. The maximum atomic E-state index is 12.8. The van der Waals surface area contributed by atoms with Gasteiger partial charge in [-0.05, 0) is 37.2 Å². The van der Waals surface area contributed by atoms with E-state index in [4.69, 9.17) is 0 Å². The molecule has 0 spiro atoms. The van der Waals surface area contributed by atoms with Gasteiger partial charge < -0.3 is 9.80 Å². The van der Waals surface area contributed by atoms with Crippen LogP contribution < -0.4 is 0 Å². The number of hydrogen-bond acceptors (Lipinski definition) is 2. The van der Waals surface area contributed by atoms with Crippen molar-refractivity contribution in [3.8, 4) is 0 Å². The van der Waals surface area contributed by atoms with Gasteiger partial charge in [0.2, 0.25) is 5.91 Å². The smallest absolute Gasteiger partial charge is 0.341 e. The van der Waals surface area contributed by atoms with Gasteiger partial charge >= 0.3 is 6.18 Å². The molecule has 1 saturated carbocycles. The predicted octanol–water partition coefficient (Wildman–Crippen LogP) is 4.13. The average Bonchev–Trinajstić information content (AvgIpc) is 3.11. The summed E-state index contributed by atoms with van der Waals surface area (Å²) in [6, 6.07) is 10.3. The summed E-state index contributed by atoms with van der Waals surface area (Å²) in [7, 11) is 0. The molecular formula is C22H29F3N2O. The molecule has 2 heterocycles. The van der Waals surface area contributed by atoms with Crippen molar-refractivity contribution in [2.75, 3.05) is 32.7 Å². The SMILES string of the molecule is O=C(C1CCC1)N1CC2CN(CCC(F)(F)F)CC2(CCc2ccccc2)C1. The van der Waals surface area contributed by atoms with E-state index in [1.54, 1.807) is 0 Å². The number of carbonyl (C=O) groups is 1. The topological polar surface area (TPSA) is 23.6 Å². The van der Waals surface area contributed by atoms with Crippen LogP contribution in [0.25, 0.3) is 0 Å². The molecule has 1 aliphatic carbocycles. The predicted molar refractivity (Wildman–Crippen MR) is 102 cm³/mol. The number of alkyl halides is 3. The first-order valence-electron chi connectivity index (χ1n) is 10.5. The van der Waals surface area contributed by atoms with Crippen LogP contribution in [-0.4, -0.2) is 54.6 Å². The summed E-state index contributed by atoms with van der Waals surface area (Å²) in [6.07, 6.45) is 0.108. The van der Waals surface area contributed by atoms with Crippen LogP contribution in [0.15, 0.2) is 30.3 Å². The molecule has 1 aromatic rings. The fraction of sp³-hybridized carbons (Fsp3) is 0.682. The third kappa shape index (κ3) is 4.22. The molecule has 2 saturated heterocycles. The van der Waals surface area contributed by atoms with Crippen LogP contribution in [0.3, 0.4) is 0 Å². The Hall–Kier alpha value is -1.56. The minimum absolute atomic E-state index is 0.0686. The second kappa shape index (κ2) is 7.69. The second-order valence-electron chi connectivity index (χ2n) is 8.99. The summed E-state index contributed by atoms with van der Waals surface area (Å²) in [5.74, 6) is 0.751. The summed E-state index contributed by atoms with van der Waals surface area (Å²) in [6.45, 7) is 2.85. The standard InChI is InChI=1S/C22H29F3N2O/c23-22(24,25)11-12-26-13-19-14-27(20(28)18-7-4-8-18)16-21(19,15-26)10-9-17-5-2-1-3-6-17/h1-3,5-6,18-19H,4,7-16H2. The number of nitrogens with zero attached hydrogens (tertiary/aromatic N) is 2. The zero-order valence-corrected chi connectivity index (χ0v) is 16.3. The van der Waals surface area contributed by atoms with E-state index in [2.05, 4.69) is 12.1 Å². The van der Waals surface area contributed by atoms with Crippen molar-refractivity contribution in [3.05, 3.63) is 35.9 Å². The number of fused-ring (bicyclic) bond motifs is 1. The number of aryl methyl sites for hydroxylation is 1. The lowest BCUT2D eigenvalue weighted by Gasteiger charge is -2.33. The first-order valence-corrected chi connectivity index (χ1v) is 10.5. The number of halogens is 3. The van der Waals surface area contributed by atoms with E-state index in [9.17, 15) is 18.0 Å². The summed E-state index contributed by atoms with van der Waals surface area (Å²) < 4.78 is 38.1. The van der Waals surface area contributed by atoms with Crippen molar-refractivity contribution < 1.29 is 18.0 Å². The maximum Gasteiger partial charge on any atom is 0.390 e. The number of amides is 1. The molecule has 2 unspecified atom stereocenters. The number of benzene rings is 1. The lowest BCUT2D eigenvalue weighted by molar-refractivity contribution is -0.138. The Morgan fingerprint density at radius 1 is 1.11 bits per heavy atom. The van der Waals surface area contributed by atoms with Crippen LogP contribution in [0.5, 0.6) is 0 Å². The molecule has 6 heteroatoms. The maximum absolute atomic E-state index is 12.8. The normalized spacial score (nSPS) is 28.4. The first kappa shape index (κ1) is 19.7. The Balaban J connectivity index is 1.44. The third-order valence-electron chi connectivity index (χ3n) is 7.06. The van der Waals surface area contributed by atoms with Gasteiger partial charge in [0, 0.05) is 44.1 Å². The van der Waals surface area contributed by atoms with Gasteiger partial charge in [-0.15, -0.1) is 0 Å². The highest BCUT2D eigenvalue weighted by molar-refractivity contribution is 5.80. The molecule has 3 fully saturated rings. The quantitative estimate of drug-likeness (QED) is 0.724. The fourth-order valence-corrected chi connectivity index (χ4v) is 5.22. The molecule has 28 heavy (non-hydrogen) atoms. The zero-order valence-electron chi connectivity index (χ0n) is 16.3. The van der Waals surface area contributed by atoms with Crippen molar-refractivity contribution in [2.45, 2.75) is 44.7 Å². The molecule has 4 rings (SSSR count). The van der Waals surface area contributed by atoms with Crippen molar-refractivity contribution >= 4 is 5.91 Å². The first-order chi connectivity index (χ1) is 13.3. The van der Waals surface area contributed by atoms with Crippen molar-refractivity contribution in [1.29, 1.82) is 0 Å². The van der Waals surface area contributed by atoms with E-state index < -0.39 is 12.6 Å². The monoisotopic (exact) mass is 394 g/mol. The average molecular weight is 394 g/mol. The van der Waals surface area contributed by atoms with Crippen molar-refractivity contribution in [1.82, 2.24) is 9.80 Å². The van der Waals surface area contributed by atoms with Crippen LogP contribution in [-0.2, 0) is 11.2 Å². The van der Waals surface area contributed by atoms with Gasteiger partial charge in [0.05, 0.1) is 6.42 Å². The minimum Gasteiger partial charge on any atom is -0.341 e. The van der Waals surface area contributed by atoms with Gasteiger partial charge in [-0.3, -0.25) is 4.79 Å². The van der Waals surface area contributed by atoms with E-state index in [1.165, 1.54) is 5.56 Å². The summed E-state index contributed by atoms with van der Waals surface area (Å²) >= 11 is 0. The highest BCUT2D eigenvalue weighted by Crippen LogP contribution is 2.47. The van der Waals surface area contributed by atoms with Crippen molar-refractivity contribution in [2.24, 2.45) is 17.3 Å². The summed E-state index contributed by atoms with van der Waals surface area (Å²) in [5, 5.41) is 0. The van der Waals surface area contributed by atoms with Crippen LogP contribution in [0, 0.1) is 17.3 Å². The van der Waals surface area contributed by atoms with Crippen LogP contribution in [0.1, 0.15) is 37.7 Å². The molecule has 1 aromatic carbocycles. The lowest BCUT2D eigenvalue weighted by Crippen LogP contribution is -2.41. The van der Waals surface area contributed by atoms with Gasteiger partial charge in [-0.2, -0.15) is 13.2 Å². The fourth-order valence-electron chi connectivity index (χ4n) is 5.22. The Morgan fingerprint density at radius 2 is 1.86 bits per heavy atom. The number of likely N-dealkylation sites (tertiary alicyclic amines) is 2. The van der Waals surface area contributed by atoms with E-state index in [0.29, 0.717) is 26.2 Å². The molecule has 0 N–H and O–H groups in total. The van der Waals surface area contributed by atoms with Gasteiger partial charge in [0.1, 0.15) is 0 Å². The van der Waals surface area contributed by atoms with Gasteiger partial charge in [-0.1, -0.05) is 36.8 Å². The largest absolute Gasteiger partial charge is 0.390 e. The van der Waals surface area contributed by atoms with E-state index in [-0.39, 0.29) is 29.7 Å². The molecular weight excluding hydrogens is 365 g/mol. The number of rotatable bonds is 6.